The van der Waals surface area contributed by atoms with E-state index in [0.29, 0.717) is 11.5 Å². The third kappa shape index (κ3) is 4.16. The number of carboxylic acid groups (broad SMARTS) is 1. The van der Waals surface area contributed by atoms with Gasteiger partial charge in [0.25, 0.3) is 0 Å². The molecule has 1 heterocycles. The van der Waals surface area contributed by atoms with Gasteiger partial charge in [0.05, 0.1) is 5.56 Å². The first-order valence-corrected chi connectivity index (χ1v) is 8.24. The molecule has 1 N–H and O–H groups in total. The number of aromatic carboxylic acids is 1. The molecule has 0 saturated carbocycles. The van der Waals surface area contributed by atoms with Crippen LogP contribution in [0.1, 0.15) is 45.8 Å². The van der Waals surface area contributed by atoms with E-state index >= 15 is 0 Å². The van der Waals surface area contributed by atoms with E-state index < -0.39 is 5.97 Å². The number of aryl methyl sites for hydroxylation is 1. The number of carboxylic acids is 1. The zero-order valence-electron chi connectivity index (χ0n) is 13.9. The number of benzene rings is 2. The van der Waals surface area contributed by atoms with Crippen LogP contribution in [0.25, 0.3) is 0 Å². The molecule has 1 aliphatic heterocycles. The molecule has 0 unspecified atom stereocenters. The molecule has 128 valence electrons. The van der Waals surface area contributed by atoms with Crippen LogP contribution in [0.5, 0.6) is 0 Å². The molecular formula is C20H24ClNO2. The Morgan fingerprint density at radius 3 is 2.38 bits per heavy atom. The summed E-state index contributed by atoms with van der Waals surface area (Å²) in [6.07, 6.45) is 2.05. The topological polar surface area (TPSA) is 40.5 Å². The number of hydrogen-bond acceptors (Lipinski definition) is 2. The highest BCUT2D eigenvalue weighted by molar-refractivity contribution is 5.90. The third-order valence-corrected chi connectivity index (χ3v) is 4.80. The molecule has 0 atom stereocenters. The normalized spacial score (nSPS) is 15.7. The SMILES string of the molecule is Cc1cccc(C(=O)O)c1C1CCN(Cc2ccccc2)CC1.Cl. The molecule has 3 rings (SSSR count). The minimum absolute atomic E-state index is 0. The Hall–Kier alpha value is -1.84. The van der Waals surface area contributed by atoms with E-state index in [1.165, 1.54) is 5.56 Å². The van der Waals surface area contributed by atoms with E-state index in [1.54, 1.807) is 6.07 Å². The summed E-state index contributed by atoms with van der Waals surface area (Å²) >= 11 is 0. The van der Waals surface area contributed by atoms with Gasteiger partial charge >= 0.3 is 5.97 Å². The fraction of sp³-hybridized carbons (Fsp3) is 0.350. The first kappa shape index (κ1) is 18.5. The Labute approximate surface area is 149 Å². The number of halogens is 1. The molecule has 2 aromatic carbocycles. The molecule has 0 aliphatic carbocycles. The maximum atomic E-state index is 11.5. The van der Waals surface area contributed by atoms with Gasteiger partial charge in [0.1, 0.15) is 0 Å². The first-order chi connectivity index (χ1) is 11.1. The summed E-state index contributed by atoms with van der Waals surface area (Å²) in [4.78, 5) is 14.0. The Balaban J connectivity index is 0.00000208. The fourth-order valence-electron chi connectivity index (χ4n) is 3.63. The zero-order chi connectivity index (χ0) is 16.2. The molecule has 4 heteroatoms. The number of nitrogens with zero attached hydrogens (tertiary/aromatic N) is 1. The number of piperidine rings is 1. The molecule has 24 heavy (non-hydrogen) atoms. The van der Waals surface area contributed by atoms with Crippen molar-refractivity contribution < 1.29 is 9.90 Å². The van der Waals surface area contributed by atoms with Crippen molar-refractivity contribution in [1.29, 1.82) is 0 Å². The zero-order valence-corrected chi connectivity index (χ0v) is 14.8. The molecule has 1 saturated heterocycles. The van der Waals surface area contributed by atoms with Crippen LogP contribution in [0.15, 0.2) is 48.5 Å². The lowest BCUT2D eigenvalue weighted by Gasteiger charge is -2.33. The van der Waals surface area contributed by atoms with Gasteiger partial charge in [-0.2, -0.15) is 0 Å². The molecule has 0 radical (unpaired) electrons. The summed E-state index contributed by atoms with van der Waals surface area (Å²) in [6, 6.07) is 16.1. The molecule has 1 fully saturated rings. The van der Waals surface area contributed by atoms with Crippen LogP contribution in [0, 0.1) is 6.92 Å². The predicted molar refractivity (Wildman–Crippen MR) is 99.1 cm³/mol. The average Bonchev–Trinajstić information content (AvgIpc) is 2.56. The van der Waals surface area contributed by atoms with Crippen LogP contribution in [-0.2, 0) is 6.54 Å². The van der Waals surface area contributed by atoms with Gasteiger partial charge < -0.3 is 5.11 Å². The molecule has 3 nitrogen and oxygen atoms in total. The van der Waals surface area contributed by atoms with Crippen LogP contribution in [0.3, 0.4) is 0 Å². The fourth-order valence-corrected chi connectivity index (χ4v) is 3.63. The lowest BCUT2D eigenvalue weighted by Crippen LogP contribution is -2.33. The number of rotatable bonds is 4. The summed E-state index contributed by atoms with van der Waals surface area (Å²) in [7, 11) is 0. The van der Waals surface area contributed by atoms with Gasteiger partial charge in [0.2, 0.25) is 0 Å². The summed E-state index contributed by atoms with van der Waals surface area (Å²) < 4.78 is 0. The van der Waals surface area contributed by atoms with Gasteiger partial charge in [-0.25, -0.2) is 4.79 Å². The van der Waals surface area contributed by atoms with Crippen LogP contribution in [0.4, 0.5) is 0 Å². The summed E-state index contributed by atoms with van der Waals surface area (Å²) in [5, 5.41) is 9.46. The van der Waals surface area contributed by atoms with Crippen molar-refractivity contribution in [2.24, 2.45) is 0 Å². The van der Waals surface area contributed by atoms with Crippen molar-refractivity contribution in [3.8, 4) is 0 Å². The van der Waals surface area contributed by atoms with Gasteiger partial charge in [-0.1, -0.05) is 42.5 Å². The van der Waals surface area contributed by atoms with Gasteiger partial charge in [-0.05, 0) is 61.5 Å². The standard InChI is InChI=1S/C20H23NO2.ClH/c1-15-6-5-9-18(20(22)23)19(15)17-10-12-21(13-11-17)14-16-7-3-2-4-8-16;/h2-9,17H,10-14H2,1H3,(H,22,23);1H. The highest BCUT2D eigenvalue weighted by atomic mass is 35.5. The van der Waals surface area contributed by atoms with Crippen LogP contribution >= 0.6 is 12.4 Å². The van der Waals surface area contributed by atoms with E-state index in [2.05, 4.69) is 29.2 Å². The summed E-state index contributed by atoms with van der Waals surface area (Å²) in [5.74, 6) is -0.454. The second-order valence-corrected chi connectivity index (χ2v) is 6.38. The van der Waals surface area contributed by atoms with Crippen molar-refractivity contribution in [2.75, 3.05) is 13.1 Å². The van der Waals surface area contributed by atoms with Gasteiger partial charge in [0, 0.05) is 6.54 Å². The van der Waals surface area contributed by atoms with Crippen molar-refractivity contribution in [3.63, 3.8) is 0 Å². The molecule has 1 aliphatic rings. The molecular weight excluding hydrogens is 322 g/mol. The van der Waals surface area contributed by atoms with Crippen molar-refractivity contribution in [3.05, 3.63) is 70.8 Å². The number of likely N-dealkylation sites (tertiary alicyclic amines) is 1. The maximum absolute atomic E-state index is 11.5. The highest BCUT2D eigenvalue weighted by Gasteiger charge is 2.25. The quantitative estimate of drug-likeness (QED) is 0.887. The average molecular weight is 346 g/mol. The van der Waals surface area contributed by atoms with Gasteiger partial charge in [-0.15, -0.1) is 12.4 Å². The summed E-state index contributed by atoms with van der Waals surface area (Å²) in [5.41, 5.74) is 3.96. The van der Waals surface area contributed by atoms with Crippen LogP contribution < -0.4 is 0 Å². The van der Waals surface area contributed by atoms with E-state index in [0.717, 1.165) is 43.6 Å². The van der Waals surface area contributed by atoms with E-state index in [-0.39, 0.29) is 12.4 Å². The van der Waals surface area contributed by atoms with Crippen LogP contribution in [0.2, 0.25) is 0 Å². The molecule has 2 aromatic rings. The van der Waals surface area contributed by atoms with Crippen LogP contribution in [-0.4, -0.2) is 29.1 Å². The molecule has 0 bridgehead atoms. The smallest absolute Gasteiger partial charge is 0.335 e. The highest BCUT2D eigenvalue weighted by Crippen LogP contribution is 2.33. The Morgan fingerprint density at radius 1 is 1.08 bits per heavy atom. The van der Waals surface area contributed by atoms with Gasteiger partial charge in [-0.3, -0.25) is 4.90 Å². The second kappa shape index (κ2) is 8.32. The minimum Gasteiger partial charge on any atom is -0.478 e. The molecule has 0 aromatic heterocycles. The van der Waals surface area contributed by atoms with E-state index in [9.17, 15) is 9.90 Å². The lowest BCUT2D eigenvalue weighted by molar-refractivity contribution is 0.0694. The monoisotopic (exact) mass is 345 g/mol. The second-order valence-electron chi connectivity index (χ2n) is 6.38. The van der Waals surface area contributed by atoms with E-state index in [4.69, 9.17) is 0 Å². The maximum Gasteiger partial charge on any atom is 0.335 e. The largest absolute Gasteiger partial charge is 0.478 e. The van der Waals surface area contributed by atoms with Crippen molar-refractivity contribution >= 4 is 18.4 Å². The molecule has 0 spiro atoms. The Bertz CT molecular complexity index is 679. The van der Waals surface area contributed by atoms with Gasteiger partial charge in [0.15, 0.2) is 0 Å². The molecule has 0 amide bonds. The Morgan fingerprint density at radius 2 is 1.75 bits per heavy atom. The van der Waals surface area contributed by atoms with E-state index in [1.807, 2.05) is 25.1 Å². The summed E-state index contributed by atoms with van der Waals surface area (Å²) in [6.45, 7) is 5.05. The van der Waals surface area contributed by atoms with Crippen molar-refractivity contribution in [1.82, 2.24) is 4.90 Å². The third-order valence-electron chi connectivity index (χ3n) is 4.80. The number of hydrogen-bond donors (Lipinski definition) is 1. The minimum atomic E-state index is -0.810. The lowest BCUT2D eigenvalue weighted by atomic mass is 9.83. The first-order valence-electron chi connectivity index (χ1n) is 8.24. The Kier molecular flexibility index (Phi) is 6.41. The van der Waals surface area contributed by atoms with Crippen molar-refractivity contribution in [2.45, 2.75) is 32.2 Å². The number of carbonyl (C=O) groups is 1. The predicted octanol–water partition coefficient (Wildman–Crippen LogP) is 4.49.